The summed E-state index contributed by atoms with van der Waals surface area (Å²) < 4.78 is 17.7. The van der Waals surface area contributed by atoms with E-state index in [0.29, 0.717) is 19.8 Å². The van der Waals surface area contributed by atoms with Gasteiger partial charge in [0.1, 0.15) is 12.2 Å². The molecule has 1 amide bonds. The maximum absolute atomic E-state index is 12.7. The molecule has 6 heteroatoms. The number of rotatable bonds is 6. The van der Waals surface area contributed by atoms with Crippen LogP contribution in [0, 0.1) is 0 Å². The van der Waals surface area contributed by atoms with E-state index in [9.17, 15) is 4.79 Å². The van der Waals surface area contributed by atoms with Gasteiger partial charge in [0.05, 0.1) is 24.9 Å². The summed E-state index contributed by atoms with van der Waals surface area (Å²) in [6, 6.07) is 32.7. The summed E-state index contributed by atoms with van der Waals surface area (Å²) in [4.78, 5) is 12.7. The number of hydrogen-bond acceptors (Lipinski definition) is 5. The first-order valence-electron chi connectivity index (χ1n) is 12.3. The van der Waals surface area contributed by atoms with Gasteiger partial charge in [-0.1, -0.05) is 91.0 Å². The van der Waals surface area contributed by atoms with Crippen LogP contribution < -0.4 is 10.6 Å². The molecule has 0 bridgehead atoms. The summed E-state index contributed by atoms with van der Waals surface area (Å²) in [5, 5.41) is 8.46. The molecule has 0 aromatic heterocycles. The smallest absolute Gasteiger partial charge is 0.412 e. The third kappa shape index (κ3) is 4.71. The van der Waals surface area contributed by atoms with E-state index >= 15 is 0 Å². The fraction of sp³-hybridized carbons (Fsp3) is 0.233. The van der Waals surface area contributed by atoms with Crippen LogP contribution in [0.2, 0.25) is 0 Å². The first kappa shape index (κ1) is 22.7. The molecule has 2 aliphatic rings. The Balaban J connectivity index is 1.03. The predicted molar refractivity (Wildman–Crippen MR) is 140 cm³/mol. The lowest BCUT2D eigenvalue weighted by molar-refractivity contribution is 0.00855. The van der Waals surface area contributed by atoms with E-state index < -0.39 is 12.2 Å². The normalized spacial score (nSPS) is 22.9. The van der Waals surface area contributed by atoms with Gasteiger partial charge < -0.3 is 19.5 Å². The average Bonchev–Trinajstić information content (AvgIpc) is 3.51. The third-order valence-electron chi connectivity index (χ3n) is 6.92. The maximum Gasteiger partial charge on any atom is 0.412 e. The van der Waals surface area contributed by atoms with Gasteiger partial charge in [-0.15, -0.1) is 0 Å². The quantitative estimate of drug-likeness (QED) is 0.388. The van der Waals surface area contributed by atoms with Crippen LogP contribution in [0.3, 0.4) is 0 Å². The molecule has 2 aliphatic heterocycles. The van der Waals surface area contributed by atoms with Crippen molar-refractivity contribution in [2.75, 3.05) is 18.5 Å². The maximum atomic E-state index is 12.7. The molecular weight excluding hydrogens is 452 g/mol. The van der Waals surface area contributed by atoms with Crippen molar-refractivity contribution in [2.45, 2.75) is 30.9 Å². The molecule has 0 aliphatic carbocycles. The Hall–Kier alpha value is -3.71. The lowest BCUT2D eigenvalue weighted by atomic mass is 10.0. The molecule has 36 heavy (non-hydrogen) atoms. The number of hydrogen-bond donors (Lipinski definition) is 2. The fourth-order valence-electron chi connectivity index (χ4n) is 5.05. The van der Waals surface area contributed by atoms with Crippen molar-refractivity contribution < 1.29 is 19.0 Å². The lowest BCUT2D eigenvalue weighted by Gasteiger charge is -2.18. The molecule has 2 fully saturated rings. The highest BCUT2D eigenvalue weighted by Gasteiger charge is 2.49. The molecule has 6 nitrogen and oxygen atoms in total. The minimum absolute atomic E-state index is 0.0403. The fourth-order valence-corrected chi connectivity index (χ4v) is 5.05. The van der Waals surface area contributed by atoms with Crippen molar-refractivity contribution in [1.82, 2.24) is 5.32 Å². The molecule has 0 saturated carbocycles. The molecule has 4 aromatic carbocycles. The summed E-state index contributed by atoms with van der Waals surface area (Å²) in [6.07, 6.45) is -1.37. The van der Waals surface area contributed by atoms with Crippen molar-refractivity contribution in [3.8, 4) is 11.1 Å². The molecule has 4 atom stereocenters. The van der Waals surface area contributed by atoms with E-state index in [1.807, 2.05) is 60.7 Å². The summed E-state index contributed by atoms with van der Waals surface area (Å²) in [7, 11) is 0. The van der Waals surface area contributed by atoms with Crippen LogP contribution in [0.25, 0.3) is 21.9 Å². The number of nitrogens with one attached hydrogen (secondary N) is 2. The van der Waals surface area contributed by atoms with Gasteiger partial charge in [-0.2, -0.15) is 0 Å². The van der Waals surface area contributed by atoms with Crippen LogP contribution in [0.4, 0.5) is 10.5 Å². The van der Waals surface area contributed by atoms with E-state index in [-0.39, 0.29) is 18.2 Å². The highest BCUT2D eigenvalue weighted by molar-refractivity contribution is 6.00. The van der Waals surface area contributed by atoms with Crippen LogP contribution in [0.5, 0.6) is 0 Å². The molecule has 0 spiro atoms. The standard InChI is InChI=1S/C30H28N2O4/c33-30(32-25-12-6-10-23-9-4-5-11-24(23)25)36-27-19-35-28-26(18-34-29(27)28)31-17-20-13-15-22(16-14-20)21-7-2-1-3-8-21/h1-16,26-29,31H,17-19H2,(H,32,33)/t26-,27+,28+,29+/m0/s1. The number of anilines is 1. The number of carbonyl (C=O) groups is 1. The number of amides is 1. The van der Waals surface area contributed by atoms with Crippen molar-refractivity contribution >= 4 is 22.6 Å². The first-order chi connectivity index (χ1) is 17.7. The van der Waals surface area contributed by atoms with Crippen molar-refractivity contribution in [1.29, 1.82) is 0 Å². The number of carbonyl (C=O) groups excluding carboxylic acids is 1. The van der Waals surface area contributed by atoms with Gasteiger partial charge in [-0.25, -0.2) is 4.79 Å². The van der Waals surface area contributed by atoms with Gasteiger partial charge in [0.15, 0.2) is 6.10 Å². The second kappa shape index (κ2) is 10.1. The van der Waals surface area contributed by atoms with Crippen LogP contribution >= 0.6 is 0 Å². The molecule has 182 valence electrons. The van der Waals surface area contributed by atoms with Crippen LogP contribution in [-0.2, 0) is 20.8 Å². The lowest BCUT2D eigenvalue weighted by Crippen LogP contribution is -2.41. The van der Waals surface area contributed by atoms with Gasteiger partial charge in [-0.05, 0) is 28.1 Å². The second-order valence-electron chi connectivity index (χ2n) is 9.24. The van der Waals surface area contributed by atoms with E-state index in [0.717, 1.165) is 16.5 Å². The Labute approximate surface area is 210 Å². The monoisotopic (exact) mass is 480 g/mol. The topological polar surface area (TPSA) is 68.8 Å². The van der Waals surface area contributed by atoms with Gasteiger partial charge in [0, 0.05) is 11.9 Å². The SMILES string of the molecule is O=C(Nc1cccc2ccccc12)O[C@@H]1CO[C@H]2[C@@H]1OC[C@@H]2NCc1ccc(-c2ccccc2)cc1. The molecule has 6 rings (SSSR count). The summed E-state index contributed by atoms with van der Waals surface area (Å²) in [6.45, 7) is 1.55. The zero-order chi connectivity index (χ0) is 24.3. The minimum Gasteiger partial charge on any atom is -0.441 e. The first-order valence-corrected chi connectivity index (χ1v) is 12.3. The largest absolute Gasteiger partial charge is 0.441 e. The summed E-state index contributed by atoms with van der Waals surface area (Å²) >= 11 is 0. The molecule has 2 heterocycles. The van der Waals surface area contributed by atoms with Gasteiger partial charge in [0.25, 0.3) is 0 Å². The van der Waals surface area contributed by atoms with Gasteiger partial charge in [-0.3, -0.25) is 5.32 Å². The second-order valence-corrected chi connectivity index (χ2v) is 9.24. The van der Waals surface area contributed by atoms with Gasteiger partial charge in [0.2, 0.25) is 0 Å². The van der Waals surface area contributed by atoms with E-state index in [1.165, 1.54) is 16.7 Å². The van der Waals surface area contributed by atoms with Crippen molar-refractivity contribution in [2.24, 2.45) is 0 Å². The predicted octanol–water partition coefficient (Wildman–Crippen LogP) is 5.38. The van der Waals surface area contributed by atoms with Crippen LogP contribution in [-0.4, -0.2) is 43.7 Å². The Kier molecular flexibility index (Phi) is 6.38. The van der Waals surface area contributed by atoms with Crippen LogP contribution in [0.15, 0.2) is 97.1 Å². The highest BCUT2D eigenvalue weighted by atomic mass is 16.6. The third-order valence-corrected chi connectivity index (χ3v) is 6.92. The van der Waals surface area contributed by atoms with E-state index in [1.54, 1.807) is 0 Å². The zero-order valence-corrected chi connectivity index (χ0v) is 19.8. The Bertz CT molecular complexity index is 1340. The Morgan fingerprint density at radius 1 is 0.778 bits per heavy atom. The number of fused-ring (bicyclic) bond motifs is 2. The van der Waals surface area contributed by atoms with Crippen molar-refractivity contribution in [3.05, 3.63) is 103 Å². The molecule has 2 saturated heterocycles. The van der Waals surface area contributed by atoms with Crippen LogP contribution in [0.1, 0.15) is 5.56 Å². The molecule has 0 unspecified atom stereocenters. The Morgan fingerprint density at radius 3 is 2.36 bits per heavy atom. The van der Waals surface area contributed by atoms with E-state index in [2.05, 4.69) is 47.0 Å². The molecule has 2 N–H and O–H groups in total. The molecular formula is C30H28N2O4. The average molecular weight is 481 g/mol. The zero-order valence-electron chi connectivity index (χ0n) is 19.8. The minimum atomic E-state index is -0.501. The number of benzene rings is 4. The number of ether oxygens (including phenoxy) is 3. The summed E-state index contributed by atoms with van der Waals surface area (Å²) in [5.74, 6) is 0. The summed E-state index contributed by atoms with van der Waals surface area (Å²) in [5.41, 5.74) is 4.32. The van der Waals surface area contributed by atoms with E-state index in [4.69, 9.17) is 14.2 Å². The molecule has 0 radical (unpaired) electrons. The van der Waals surface area contributed by atoms with Gasteiger partial charge >= 0.3 is 6.09 Å². The molecule has 4 aromatic rings. The Morgan fingerprint density at radius 2 is 1.50 bits per heavy atom. The highest BCUT2D eigenvalue weighted by Crippen LogP contribution is 2.30. The van der Waals surface area contributed by atoms with Crippen molar-refractivity contribution in [3.63, 3.8) is 0 Å².